The summed E-state index contributed by atoms with van der Waals surface area (Å²) in [6.07, 6.45) is 2.13. The van der Waals surface area contributed by atoms with Crippen molar-refractivity contribution in [1.82, 2.24) is 15.5 Å². The zero-order chi connectivity index (χ0) is 15.3. The van der Waals surface area contributed by atoms with Crippen molar-refractivity contribution in [1.29, 1.82) is 0 Å². The Balaban J connectivity index is 1.94. The fraction of sp³-hybridized carbons (Fsp3) is 0.933. The van der Waals surface area contributed by atoms with Crippen LogP contribution in [0.1, 0.15) is 19.8 Å². The molecule has 0 aromatic heterocycles. The molecule has 1 saturated heterocycles. The summed E-state index contributed by atoms with van der Waals surface area (Å²) in [5.74, 6) is 1.46. The first-order valence-electron chi connectivity index (χ1n) is 8.04. The Labute approximate surface area is 129 Å². The van der Waals surface area contributed by atoms with Crippen LogP contribution in [0.15, 0.2) is 4.99 Å². The zero-order valence-electron chi connectivity index (χ0n) is 13.9. The molecule has 0 aromatic carbocycles. The van der Waals surface area contributed by atoms with Crippen molar-refractivity contribution < 1.29 is 9.47 Å². The highest BCUT2D eigenvalue weighted by atomic mass is 16.5. The van der Waals surface area contributed by atoms with Crippen LogP contribution in [0.4, 0.5) is 0 Å². The highest BCUT2D eigenvalue weighted by Crippen LogP contribution is 2.12. The minimum Gasteiger partial charge on any atom is -0.381 e. The van der Waals surface area contributed by atoms with Crippen LogP contribution in [0, 0.1) is 5.92 Å². The van der Waals surface area contributed by atoms with Crippen LogP contribution in [0.3, 0.4) is 0 Å². The van der Waals surface area contributed by atoms with Crippen molar-refractivity contribution in [3.05, 3.63) is 0 Å². The molecule has 1 aliphatic rings. The van der Waals surface area contributed by atoms with E-state index in [2.05, 4.69) is 34.5 Å². The Morgan fingerprint density at radius 2 is 2.19 bits per heavy atom. The molecule has 1 heterocycles. The van der Waals surface area contributed by atoms with Crippen LogP contribution < -0.4 is 10.6 Å². The Kier molecular flexibility index (Phi) is 10.2. The molecule has 124 valence electrons. The Morgan fingerprint density at radius 3 is 2.86 bits per heavy atom. The average molecular weight is 300 g/mol. The third-order valence-corrected chi connectivity index (χ3v) is 3.68. The van der Waals surface area contributed by atoms with Crippen LogP contribution in [0.5, 0.6) is 0 Å². The van der Waals surface area contributed by atoms with E-state index in [0.717, 1.165) is 71.4 Å². The minimum atomic E-state index is 0.600. The second kappa shape index (κ2) is 11.8. The molecule has 0 aliphatic carbocycles. The van der Waals surface area contributed by atoms with Gasteiger partial charge in [-0.15, -0.1) is 0 Å². The van der Waals surface area contributed by atoms with E-state index in [4.69, 9.17) is 9.47 Å². The smallest absolute Gasteiger partial charge is 0.191 e. The molecular formula is C15H32N4O2. The Hall–Kier alpha value is -0.850. The molecule has 1 atom stereocenters. The van der Waals surface area contributed by atoms with Crippen molar-refractivity contribution in [3.8, 4) is 0 Å². The average Bonchev–Trinajstić information content (AvgIpc) is 3.01. The van der Waals surface area contributed by atoms with Gasteiger partial charge in [-0.1, -0.05) is 6.92 Å². The molecule has 21 heavy (non-hydrogen) atoms. The predicted octanol–water partition coefficient (Wildman–Crippen LogP) is 0.546. The number of nitrogens with zero attached hydrogens (tertiary/aromatic N) is 2. The van der Waals surface area contributed by atoms with E-state index >= 15 is 0 Å². The van der Waals surface area contributed by atoms with Crippen molar-refractivity contribution in [2.24, 2.45) is 10.9 Å². The largest absolute Gasteiger partial charge is 0.381 e. The first-order valence-corrected chi connectivity index (χ1v) is 8.04. The highest BCUT2D eigenvalue weighted by molar-refractivity contribution is 5.79. The van der Waals surface area contributed by atoms with E-state index in [1.54, 1.807) is 7.05 Å². The molecule has 6 heteroatoms. The van der Waals surface area contributed by atoms with E-state index in [1.807, 2.05) is 0 Å². The Morgan fingerprint density at radius 1 is 1.38 bits per heavy atom. The van der Waals surface area contributed by atoms with E-state index in [9.17, 15) is 0 Å². The summed E-state index contributed by atoms with van der Waals surface area (Å²) in [7, 11) is 3.92. The lowest BCUT2D eigenvalue weighted by Crippen LogP contribution is -2.41. The van der Waals surface area contributed by atoms with E-state index < -0.39 is 0 Å². The number of ether oxygens (including phenoxy) is 2. The third kappa shape index (κ3) is 8.90. The number of nitrogens with one attached hydrogen (secondary N) is 2. The second-order valence-corrected chi connectivity index (χ2v) is 5.48. The summed E-state index contributed by atoms with van der Waals surface area (Å²) in [6, 6.07) is 0. The number of aliphatic imine (C=N–C) groups is 1. The summed E-state index contributed by atoms with van der Waals surface area (Å²) in [5, 5.41) is 6.62. The maximum absolute atomic E-state index is 5.67. The number of guanidine groups is 1. The number of hydrogen-bond donors (Lipinski definition) is 2. The van der Waals surface area contributed by atoms with E-state index in [-0.39, 0.29) is 0 Å². The molecule has 6 nitrogen and oxygen atoms in total. The van der Waals surface area contributed by atoms with Gasteiger partial charge in [-0.3, -0.25) is 4.99 Å². The van der Waals surface area contributed by atoms with Crippen molar-refractivity contribution in [2.45, 2.75) is 19.8 Å². The summed E-state index contributed by atoms with van der Waals surface area (Å²) in [4.78, 5) is 6.47. The lowest BCUT2D eigenvalue weighted by Gasteiger charge is -2.16. The normalized spacial score (nSPS) is 19.2. The molecule has 1 unspecified atom stereocenters. The van der Waals surface area contributed by atoms with Crippen LogP contribution in [-0.4, -0.2) is 77.6 Å². The van der Waals surface area contributed by atoms with E-state index in [0.29, 0.717) is 5.92 Å². The predicted molar refractivity (Wildman–Crippen MR) is 86.9 cm³/mol. The molecule has 0 saturated carbocycles. The van der Waals surface area contributed by atoms with Crippen LogP contribution in [-0.2, 0) is 9.47 Å². The van der Waals surface area contributed by atoms with Gasteiger partial charge >= 0.3 is 0 Å². The monoisotopic (exact) mass is 300 g/mol. The van der Waals surface area contributed by atoms with Crippen LogP contribution >= 0.6 is 0 Å². The number of rotatable bonds is 10. The van der Waals surface area contributed by atoms with Gasteiger partial charge in [0.25, 0.3) is 0 Å². The summed E-state index contributed by atoms with van der Waals surface area (Å²) in [6.45, 7) is 9.40. The quantitative estimate of drug-likeness (QED) is 0.350. The maximum Gasteiger partial charge on any atom is 0.191 e. The van der Waals surface area contributed by atoms with Gasteiger partial charge in [-0.2, -0.15) is 0 Å². The maximum atomic E-state index is 5.67. The van der Waals surface area contributed by atoms with Gasteiger partial charge in [0.05, 0.1) is 13.2 Å². The highest BCUT2D eigenvalue weighted by Gasteiger charge is 2.15. The number of hydrogen-bond acceptors (Lipinski definition) is 4. The number of likely N-dealkylation sites (N-methyl/N-ethyl adjacent to an activating group) is 1. The fourth-order valence-corrected chi connectivity index (χ4v) is 2.09. The van der Waals surface area contributed by atoms with Crippen LogP contribution in [0.2, 0.25) is 0 Å². The lowest BCUT2D eigenvalue weighted by atomic mass is 10.1. The first-order chi connectivity index (χ1) is 10.3. The van der Waals surface area contributed by atoms with Crippen LogP contribution in [0.25, 0.3) is 0 Å². The van der Waals surface area contributed by atoms with Gasteiger partial charge in [-0.25, -0.2) is 0 Å². The Bertz CT molecular complexity index is 281. The van der Waals surface area contributed by atoms with E-state index in [1.165, 1.54) is 0 Å². The van der Waals surface area contributed by atoms with Gasteiger partial charge in [0.15, 0.2) is 5.96 Å². The van der Waals surface area contributed by atoms with Gasteiger partial charge < -0.3 is 25.0 Å². The summed E-state index contributed by atoms with van der Waals surface area (Å²) >= 11 is 0. The molecule has 0 radical (unpaired) electrons. The zero-order valence-corrected chi connectivity index (χ0v) is 13.9. The molecule has 0 aromatic rings. The van der Waals surface area contributed by atoms with Crippen molar-refractivity contribution in [3.63, 3.8) is 0 Å². The third-order valence-electron chi connectivity index (χ3n) is 3.68. The summed E-state index contributed by atoms with van der Waals surface area (Å²) < 4.78 is 11.0. The topological polar surface area (TPSA) is 58.1 Å². The van der Waals surface area contributed by atoms with Crippen molar-refractivity contribution >= 4 is 5.96 Å². The standard InChI is InChI=1S/C15H32N4O2/c1-4-19(3)9-8-18-15(16-2)17-7-5-10-20-12-14-6-11-21-13-14/h14H,4-13H2,1-3H3,(H2,16,17,18). The first kappa shape index (κ1) is 18.2. The molecular weight excluding hydrogens is 268 g/mol. The molecule has 2 N–H and O–H groups in total. The van der Waals surface area contributed by atoms with Gasteiger partial charge in [0.2, 0.25) is 0 Å². The van der Waals surface area contributed by atoms with Gasteiger partial charge in [0, 0.05) is 45.8 Å². The molecule has 1 rings (SSSR count). The lowest BCUT2D eigenvalue weighted by molar-refractivity contribution is 0.0888. The minimum absolute atomic E-state index is 0.600. The SMILES string of the molecule is CCN(C)CCNC(=NC)NCCCOCC1CCOC1. The molecule has 0 amide bonds. The molecule has 1 fully saturated rings. The molecule has 0 bridgehead atoms. The van der Waals surface area contributed by atoms with Crippen molar-refractivity contribution in [2.75, 3.05) is 66.7 Å². The second-order valence-electron chi connectivity index (χ2n) is 5.48. The fourth-order valence-electron chi connectivity index (χ4n) is 2.09. The van der Waals surface area contributed by atoms with Gasteiger partial charge in [-0.05, 0) is 26.4 Å². The van der Waals surface area contributed by atoms with Gasteiger partial charge in [0.1, 0.15) is 0 Å². The molecule has 1 aliphatic heterocycles. The summed E-state index contributed by atoms with van der Waals surface area (Å²) in [5.41, 5.74) is 0. The molecule has 0 spiro atoms.